The van der Waals surface area contributed by atoms with E-state index in [1.165, 1.54) is 17.9 Å². The van der Waals surface area contributed by atoms with Crippen LogP contribution in [-0.4, -0.2) is 34.5 Å². The fraction of sp³-hybridized carbons (Fsp3) is 0.273. The number of pyridine rings is 1. The van der Waals surface area contributed by atoms with E-state index in [1.807, 2.05) is 6.07 Å². The van der Waals surface area contributed by atoms with E-state index in [-0.39, 0.29) is 23.9 Å². The van der Waals surface area contributed by atoms with Gasteiger partial charge in [0.1, 0.15) is 0 Å². The molecule has 0 saturated carbocycles. The standard InChI is InChI=1S/C22H22N4O4/c1-3-30-22(28)11-17(16-6-9-20(29-2)24-14-16)10-18-12-21(27)26(25-18)19-7-4-15(13-23)5-8-19/h4-9,12,14,17,25H,3,10-11H2,1-2H3. The van der Waals surface area contributed by atoms with Crippen molar-refractivity contribution in [1.29, 1.82) is 5.26 Å². The topological polar surface area (TPSA) is 110 Å². The van der Waals surface area contributed by atoms with Crippen LogP contribution in [-0.2, 0) is 16.0 Å². The van der Waals surface area contributed by atoms with Crippen molar-refractivity contribution in [2.75, 3.05) is 13.7 Å². The Morgan fingerprint density at radius 1 is 1.27 bits per heavy atom. The van der Waals surface area contributed by atoms with Crippen LogP contribution in [0.5, 0.6) is 5.88 Å². The van der Waals surface area contributed by atoms with Gasteiger partial charge in [0, 0.05) is 29.9 Å². The highest BCUT2D eigenvalue weighted by Gasteiger charge is 2.20. The van der Waals surface area contributed by atoms with Crippen LogP contribution < -0.4 is 10.3 Å². The minimum Gasteiger partial charge on any atom is -0.481 e. The summed E-state index contributed by atoms with van der Waals surface area (Å²) in [5, 5.41) is 12.0. The lowest BCUT2D eigenvalue weighted by molar-refractivity contribution is -0.143. The molecule has 0 aliphatic rings. The average molecular weight is 406 g/mol. The second-order valence-electron chi connectivity index (χ2n) is 6.66. The zero-order valence-electron chi connectivity index (χ0n) is 16.8. The number of benzene rings is 1. The summed E-state index contributed by atoms with van der Waals surface area (Å²) in [6.07, 6.45) is 2.25. The van der Waals surface area contributed by atoms with E-state index in [1.54, 1.807) is 43.5 Å². The van der Waals surface area contributed by atoms with Gasteiger partial charge in [0.25, 0.3) is 5.56 Å². The Balaban J connectivity index is 1.86. The Kier molecular flexibility index (Phi) is 6.65. The van der Waals surface area contributed by atoms with Crippen LogP contribution in [0.3, 0.4) is 0 Å². The van der Waals surface area contributed by atoms with Crippen molar-refractivity contribution in [3.05, 3.63) is 75.8 Å². The fourth-order valence-corrected chi connectivity index (χ4v) is 3.17. The molecule has 1 N–H and O–H groups in total. The van der Waals surface area contributed by atoms with E-state index < -0.39 is 0 Å². The maximum Gasteiger partial charge on any atom is 0.306 e. The highest BCUT2D eigenvalue weighted by molar-refractivity contribution is 5.70. The Bertz CT molecular complexity index is 1090. The van der Waals surface area contributed by atoms with E-state index >= 15 is 0 Å². The highest BCUT2D eigenvalue weighted by Crippen LogP contribution is 2.25. The number of aromatic amines is 1. The molecule has 0 fully saturated rings. The van der Waals surface area contributed by atoms with Crippen LogP contribution in [0, 0.1) is 11.3 Å². The molecule has 2 aromatic heterocycles. The number of hydrogen-bond donors (Lipinski definition) is 1. The number of nitrogens with one attached hydrogen (secondary N) is 1. The van der Waals surface area contributed by atoms with Gasteiger partial charge in [-0.2, -0.15) is 5.26 Å². The molecule has 0 bridgehead atoms. The minimum atomic E-state index is -0.313. The number of ether oxygens (including phenoxy) is 2. The first-order chi connectivity index (χ1) is 14.5. The normalized spacial score (nSPS) is 11.5. The van der Waals surface area contributed by atoms with Crippen LogP contribution >= 0.6 is 0 Å². The molecule has 0 spiro atoms. The summed E-state index contributed by atoms with van der Waals surface area (Å²) < 4.78 is 11.6. The lowest BCUT2D eigenvalue weighted by Gasteiger charge is -2.16. The molecule has 1 unspecified atom stereocenters. The first-order valence-electron chi connectivity index (χ1n) is 9.51. The Morgan fingerprint density at radius 3 is 2.63 bits per heavy atom. The molecular weight excluding hydrogens is 384 g/mol. The lowest BCUT2D eigenvalue weighted by Crippen LogP contribution is -2.14. The summed E-state index contributed by atoms with van der Waals surface area (Å²) in [5.41, 5.74) is 2.43. The molecule has 2 heterocycles. The van der Waals surface area contributed by atoms with Gasteiger partial charge in [-0.05, 0) is 43.2 Å². The number of rotatable bonds is 8. The van der Waals surface area contributed by atoms with Crippen LogP contribution in [0.2, 0.25) is 0 Å². The molecule has 1 aromatic carbocycles. The van der Waals surface area contributed by atoms with Crippen LogP contribution in [0.1, 0.15) is 36.1 Å². The number of nitriles is 1. The Labute approximate surface area is 173 Å². The summed E-state index contributed by atoms with van der Waals surface area (Å²) in [7, 11) is 1.54. The first kappa shape index (κ1) is 20.9. The molecule has 0 aliphatic heterocycles. The van der Waals surface area contributed by atoms with Crippen LogP contribution in [0.25, 0.3) is 5.69 Å². The van der Waals surface area contributed by atoms with Gasteiger partial charge < -0.3 is 9.47 Å². The molecule has 0 aliphatic carbocycles. The number of nitrogens with zero attached hydrogens (tertiary/aromatic N) is 3. The van der Waals surface area contributed by atoms with E-state index in [4.69, 9.17) is 14.7 Å². The number of H-pyrrole nitrogens is 1. The van der Waals surface area contributed by atoms with E-state index in [0.29, 0.717) is 35.9 Å². The number of carbonyl (C=O) groups is 1. The molecule has 8 heteroatoms. The third-order valence-electron chi connectivity index (χ3n) is 4.65. The molecule has 0 radical (unpaired) electrons. The van der Waals surface area contributed by atoms with Crippen molar-refractivity contribution in [2.45, 2.75) is 25.7 Å². The van der Waals surface area contributed by atoms with Gasteiger partial charge in [-0.15, -0.1) is 0 Å². The third kappa shape index (κ3) is 4.94. The molecule has 30 heavy (non-hydrogen) atoms. The second-order valence-corrected chi connectivity index (χ2v) is 6.66. The zero-order chi connectivity index (χ0) is 21.5. The molecule has 0 amide bonds. The van der Waals surface area contributed by atoms with E-state index in [2.05, 4.69) is 16.2 Å². The van der Waals surface area contributed by atoms with Gasteiger partial charge in [-0.1, -0.05) is 6.07 Å². The highest BCUT2D eigenvalue weighted by atomic mass is 16.5. The fourth-order valence-electron chi connectivity index (χ4n) is 3.17. The lowest BCUT2D eigenvalue weighted by atomic mass is 9.92. The summed E-state index contributed by atoms with van der Waals surface area (Å²) in [4.78, 5) is 28.8. The predicted octanol–water partition coefficient (Wildman–Crippen LogP) is 2.72. The number of esters is 1. The molecule has 3 rings (SSSR count). The molecular formula is C22H22N4O4. The summed E-state index contributed by atoms with van der Waals surface area (Å²) in [6, 6.07) is 13.8. The number of aromatic nitrogens is 3. The van der Waals surface area contributed by atoms with Crippen molar-refractivity contribution in [2.24, 2.45) is 0 Å². The maximum atomic E-state index is 12.5. The van der Waals surface area contributed by atoms with Crippen molar-refractivity contribution < 1.29 is 14.3 Å². The Morgan fingerprint density at radius 2 is 2.03 bits per heavy atom. The molecule has 154 valence electrons. The largest absolute Gasteiger partial charge is 0.481 e. The molecule has 1 atom stereocenters. The van der Waals surface area contributed by atoms with Gasteiger partial charge in [0.15, 0.2) is 0 Å². The monoisotopic (exact) mass is 406 g/mol. The van der Waals surface area contributed by atoms with Crippen LogP contribution in [0.15, 0.2) is 53.5 Å². The van der Waals surface area contributed by atoms with Gasteiger partial charge >= 0.3 is 5.97 Å². The quantitative estimate of drug-likeness (QED) is 0.576. The van der Waals surface area contributed by atoms with Gasteiger partial charge in [0.05, 0.1) is 37.5 Å². The van der Waals surface area contributed by atoms with E-state index in [9.17, 15) is 9.59 Å². The maximum absolute atomic E-state index is 12.5. The third-order valence-corrected chi connectivity index (χ3v) is 4.65. The minimum absolute atomic E-state index is 0.159. The van der Waals surface area contributed by atoms with Crippen molar-refractivity contribution in [1.82, 2.24) is 14.8 Å². The smallest absolute Gasteiger partial charge is 0.306 e. The number of carbonyl (C=O) groups excluding carboxylic acids is 1. The predicted molar refractivity (Wildman–Crippen MR) is 110 cm³/mol. The number of methoxy groups -OCH3 is 1. The zero-order valence-corrected chi connectivity index (χ0v) is 16.8. The summed E-state index contributed by atoms with van der Waals surface area (Å²) in [5.74, 6) is -0.0591. The SMILES string of the molecule is CCOC(=O)CC(Cc1cc(=O)n(-c2ccc(C#N)cc2)[nH]1)c1ccc(OC)nc1. The second kappa shape index (κ2) is 9.56. The molecule has 0 saturated heterocycles. The first-order valence-corrected chi connectivity index (χ1v) is 9.51. The van der Waals surface area contributed by atoms with Gasteiger partial charge in [0.2, 0.25) is 5.88 Å². The van der Waals surface area contributed by atoms with Gasteiger partial charge in [-0.25, -0.2) is 9.67 Å². The number of hydrogen-bond acceptors (Lipinski definition) is 6. The molecule has 8 nitrogen and oxygen atoms in total. The molecule has 3 aromatic rings. The summed E-state index contributed by atoms with van der Waals surface area (Å²) >= 11 is 0. The van der Waals surface area contributed by atoms with Crippen molar-refractivity contribution in [3.63, 3.8) is 0 Å². The van der Waals surface area contributed by atoms with Crippen LogP contribution in [0.4, 0.5) is 0 Å². The van der Waals surface area contributed by atoms with Gasteiger partial charge in [-0.3, -0.25) is 14.7 Å². The van der Waals surface area contributed by atoms with E-state index in [0.717, 1.165) is 5.56 Å². The summed E-state index contributed by atoms with van der Waals surface area (Å²) in [6.45, 7) is 2.06. The average Bonchev–Trinajstić information content (AvgIpc) is 3.13. The van der Waals surface area contributed by atoms with Crippen molar-refractivity contribution in [3.8, 4) is 17.6 Å². The Hall–Kier alpha value is -3.86. The van der Waals surface area contributed by atoms with Crippen molar-refractivity contribution >= 4 is 5.97 Å².